The van der Waals surface area contributed by atoms with Crippen molar-refractivity contribution in [3.8, 4) is 16.9 Å². The number of hydrogen-bond donors (Lipinski definition) is 2. The number of nitrogens with one attached hydrogen (secondary N) is 2. The number of alkyl halides is 3. The van der Waals surface area contributed by atoms with Gasteiger partial charge in [0.15, 0.2) is 5.82 Å². The zero-order valence-corrected chi connectivity index (χ0v) is 22.3. The number of H-pyrrole nitrogens is 1. The fourth-order valence-electron chi connectivity index (χ4n) is 5.46. The minimum Gasteiger partial charge on any atom is -0.485 e. The highest BCUT2D eigenvalue weighted by atomic mass is 19.4. The van der Waals surface area contributed by atoms with Crippen LogP contribution >= 0.6 is 0 Å². The number of tetrazole rings is 1. The highest BCUT2D eigenvalue weighted by molar-refractivity contribution is 5.94. The van der Waals surface area contributed by atoms with Crippen LogP contribution in [0.1, 0.15) is 70.2 Å². The topological polar surface area (TPSA) is 92.8 Å². The third-order valence-electron chi connectivity index (χ3n) is 7.41. The average molecular weight is 550 g/mol. The molecule has 40 heavy (non-hydrogen) atoms. The molecule has 1 aromatic heterocycles. The quantitative estimate of drug-likeness (QED) is 0.254. The van der Waals surface area contributed by atoms with Gasteiger partial charge in [0.1, 0.15) is 11.9 Å². The monoisotopic (exact) mass is 549 g/mol. The van der Waals surface area contributed by atoms with Crippen LogP contribution in [0.2, 0.25) is 0 Å². The van der Waals surface area contributed by atoms with Crippen molar-refractivity contribution < 1.29 is 22.7 Å². The van der Waals surface area contributed by atoms with Crippen molar-refractivity contribution in [2.24, 2.45) is 5.92 Å². The van der Waals surface area contributed by atoms with E-state index in [-0.39, 0.29) is 18.6 Å². The summed E-state index contributed by atoms with van der Waals surface area (Å²) in [7, 11) is 0. The summed E-state index contributed by atoms with van der Waals surface area (Å²) in [5, 5.41) is 16.1. The summed E-state index contributed by atoms with van der Waals surface area (Å²) in [5.74, 6) is 1.29. The Labute approximate surface area is 230 Å². The van der Waals surface area contributed by atoms with Crippen LogP contribution in [-0.4, -0.2) is 26.5 Å². The van der Waals surface area contributed by atoms with Crippen molar-refractivity contribution in [1.29, 1.82) is 0 Å². The second-order valence-electron chi connectivity index (χ2n) is 10.2. The van der Waals surface area contributed by atoms with Gasteiger partial charge in [-0.05, 0) is 101 Å². The van der Waals surface area contributed by atoms with Gasteiger partial charge >= 0.3 is 6.18 Å². The summed E-state index contributed by atoms with van der Waals surface area (Å²) in [6.45, 7) is 4.09. The first-order chi connectivity index (χ1) is 19.2. The van der Waals surface area contributed by atoms with Gasteiger partial charge in [0.2, 0.25) is 0 Å². The lowest BCUT2D eigenvalue weighted by Crippen LogP contribution is -2.23. The number of nitrogens with zero attached hydrogens (tertiary/aromatic N) is 3. The molecule has 2 N–H and O–H groups in total. The zero-order valence-electron chi connectivity index (χ0n) is 22.3. The zero-order chi connectivity index (χ0) is 28.3. The Kier molecular flexibility index (Phi) is 7.86. The molecule has 0 saturated heterocycles. The number of rotatable bonds is 8. The molecule has 0 bridgehead atoms. The van der Waals surface area contributed by atoms with E-state index >= 15 is 0 Å². The first-order valence-corrected chi connectivity index (χ1v) is 13.3. The van der Waals surface area contributed by atoms with Gasteiger partial charge in [-0.3, -0.25) is 4.79 Å². The molecule has 5 rings (SSSR count). The summed E-state index contributed by atoms with van der Waals surface area (Å²) < 4.78 is 45.7. The molecule has 1 aliphatic carbocycles. The maximum Gasteiger partial charge on any atom is 0.416 e. The molecule has 208 valence electrons. The molecule has 3 aromatic carbocycles. The average Bonchev–Trinajstić information content (AvgIpc) is 3.65. The van der Waals surface area contributed by atoms with E-state index in [2.05, 4.69) is 25.9 Å². The van der Waals surface area contributed by atoms with Crippen LogP contribution in [0, 0.1) is 19.8 Å². The number of carbonyl (C=O) groups excluding carboxylic acids is 1. The van der Waals surface area contributed by atoms with Gasteiger partial charge in [0.05, 0.1) is 12.1 Å². The van der Waals surface area contributed by atoms with Crippen molar-refractivity contribution in [3.05, 3.63) is 94.3 Å². The van der Waals surface area contributed by atoms with Crippen LogP contribution in [0.15, 0.2) is 60.7 Å². The highest BCUT2D eigenvalue weighted by Gasteiger charge is 2.31. The van der Waals surface area contributed by atoms with Crippen molar-refractivity contribution in [3.63, 3.8) is 0 Å². The Morgan fingerprint density at radius 2 is 1.68 bits per heavy atom. The molecular formula is C30H30F3N5O2. The minimum atomic E-state index is -4.37. The standard InChI is InChI=1S/C30H30F3N5O2/c1-18-15-25(16-19(2)27(18)20-11-13-24(14-12-20)30(31,32)33)40-28(21-5-3-4-6-21)22-7-9-23(10-8-22)29(39)34-17-26-35-37-38-36-26/h7-16,21,28H,3-6,17H2,1-2H3,(H,34,39)(H,35,36,37,38). The Hall–Kier alpha value is -4.21. The third-order valence-corrected chi connectivity index (χ3v) is 7.41. The lowest BCUT2D eigenvalue weighted by atomic mass is 9.92. The first kappa shape index (κ1) is 27.4. The van der Waals surface area contributed by atoms with Crippen LogP contribution in [0.25, 0.3) is 11.1 Å². The number of amides is 1. The Bertz CT molecular complexity index is 1420. The van der Waals surface area contributed by atoms with Gasteiger partial charge in [-0.2, -0.15) is 13.2 Å². The number of aromatic nitrogens is 4. The van der Waals surface area contributed by atoms with Crippen LogP contribution in [0.4, 0.5) is 13.2 Å². The van der Waals surface area contributed by atoms with Crippen molar-refractivity contribution >= 4 is 5.91 Å². The molecule has 1 amide bonds. The summed E-state index contributed by atoms with van der Waals surface area (Å²) in [4.78, 5) is 12.6. The van der Waals surface area contributed by atoms with Gasteiger partial charge in [0.25, 0.3) is 5.91 Å². The van der Waals surface area contributed by atoms with Crippen molar-refractivity contribution in [2.75, 3.05) is 0 Å². The van der Waals surface area contributed by atoms with E-state index in [0.717, 1.165) is 65.6 Å². The van der Waals surface area contributed by atoms with E-state index in [0.29, 0.717) is 23.1 Å². The molecule has 1 heterocycles. The van der Waals surface area contributed by atoms with E-state index in [1.807, 2.05) is 38.1 Å². The summed E-state index contributed by atoms with van der Waals surface area (Å²) >= 11 is 0. The maximum atomic E-state index is 13.0. The minimum absolute atomic E-state index is 0.185. The van der Waals surface area contributed by atoms with Gasteiger partial charge < -0.3 is 10.1 Å². The smallest absolute Gasteiger partial charge is 0.416 e. The number of hydrogen-bond acceptors (Lipinski definition) is 5. The maximum absolute atomic E-state index is 13.0. The van der Waals surface area contributed by atoms with Crippen LogP contribution in [-0.2, 0) is 12.7 Å². The molecule has 0 aliphatic heterocycles. The number of aromatic amines is 1. The fourth-order valence-corrected chi connectivity index (χ4v) is 5.46. The van der Waals surface area contributed by atoms with E-state index in [4.69, 9.17) is 4.74 Å². The number of aryl methyl sites for hydroxylation is 2. The Morgan fingerprint density at radius 1 is 1.02 bits per heavy atom. The molecule has 1 saturated carbocycles. The van der Waals surface area contributed by atoms with E-state index < -0.39 is 11.7 Å². The molecule has 10 heteroatoms. The third kappa shape index (κ3) is 6.16. The van der Waals surface area contributed by atoms with E-state index in [9.17, 15) is 18.0 Å². The molecule has 1 atom stereocenters. The molecule has 1 fully saturated rings. The molecule has 7 nitrogen and oxygen atoms in total. The Balaban J connectivity index is 1.35. The van der Waals surface area contributed by atoms with Gasteiger partial charge in [-0.25, -0.2) is 5.10 Å². The second kappa shape index (κ2) is 11.5. The van der Waals surface area contributed by atoms with Crippen molar-refractivity contribution in [2.45, 2.75) is 58.4 Å². The number of ether oxygens (including phenoxy) is 1. The normalized spacial score (nSPS) is 14.7. The SMILES string of the molecule is Cc1cc(OC(c2ccc(C(=O)NCc3nnn[nH]3)cc2)C2CCCC2)cc(C)c1-c1ccc(C(F)(F)F)cc1. The molecule has 0 spiro atoms. The molecule has 0 radical (unpaired) electrons. The first-order valence-electron chi connectivity index (χ1n) is 13.3. The lowest BCUT2D eigenvalue weighted by molar-refractivity contribution is -0.137. The number of halogens is 3. The highest BCUT2D eigenvalue weighted by Crippen LogP contribution is 2.41. The summed E-state index contributed by atoms with van der Waals surface area (Å²) in [6.07, 6.45) is -0.152. The predicted octanol–water partition coefficient (Wildman–Crippen LogP) is 6.74. The van der Waals surface area contributed by atoms with E-state index in [1.54, 1.807) is 12.1 Å². The van der Waals surface area contributed by atoms with Gasteiger partial charge in [-0.15, -0.1) is 5.10 Å². The number of benzene rings is 3. The fraction of sp³-hybridized carbons (Fsp3) is 0.333. The molecule has 4 aromatic rings. The molecular weight excluding hydrogens is 519 g/mol. The largest absolute Gasteiger partial charge is 0.485 e. The van der Waals surface area contributed by atoms with Crippen molar-refractivity contribution in [1.82, 2.24) is 25.9 Å². The Morgan fingerprint density at radius 3 is 2.25 bits per heavy atom. The predicted molar refractivity (Wildman–Crippen MR) is 143 cm³/mol. The number of carbonyl (C=O) groups is 1. The summed E-state index contributed by atoms with van der Waals surface area (Å²) in [6, 6.07) is 16.6. The summed E-state index contributed by atoms with van der Waals surface area (Å²) in [5.41, 5.74) is 4.33. The van der Waals surface area contributed by atoms with Crippen LogP contribution in [0.3, 0.4) is 0 Å². The van der Waals surface area contributed by atoms with Crippen LogP contribution in [0.5, 0.6) is 5.75 Å². The molecule has 1 unspecified atom stereocenters. The lowest BCUT2D eigenvalue weighted by Gasteiger charge is -2.26. The molecule has 1 aliphatic rings. The second-order valence-corrected chi connectivity index (χ2v) is 10.2. The van der Waals surface area contributed by atoms with E-state index in [1.165, 1.54) is 12.1 Å². The van der Waals surface area contributed by atoms with Gasteiger partial charge in [-0.1, -0.05) is 37.1 Å². The van der Waals surface area contributed by atoms with Crippen LogP contribution < -0.4 is 10.1 Å². The van der Waals surface area contributed by atoms with Gasteiger partial charge in [0, 0.05) is 11.5 Å².